The lowest BCUT2D eigenvalue weighted by Gasteiger charge is -2.29. The van der Waals surface area contributed by atoms with Crippen molar-refractivity contribution in [3.8, 4) is 5.75 Å². The predicted octanol–water partition coefficient (Wildman–Crippen LogP) is 4.21. The Hall–Kier alpha value is -2.49. The molecule has 1 N–H and O–H groups in total. The van der Waals surface area contributed by atoms with Gasteiger partial charge < -0.3 is 15.0 Å². The number of carbonyl (C=O) groups excluding carboxylic acids is 1. The van der Waals surface area contributed by atoms with E-state index in [1.165, 1.54) is 5.56 Å². The number of hydrogen-bond donors (Lipinski definition) is 1. The highest BCUT2D eigenvalue weighted by Crippen LogP contribution is 2.34. The average molecular weight is 324 g/mol. The van der Waals surface area contributed by atoms with Crippen molar-refractivity contribution in [2.24, 2.45) is 0 Å². The van der Waals surface area contributed by atoms with Gasteiger partial charge >= 0.3 is 0 Å². The molecule has 0 saturated carbocycles. The van der Waals surface area contributed by atoms with Crippen molar-refractivity contribution in [1.29, 1.82) is 0 Å². The molecule has 0 spiro atoms. The van der Waals surface area contributed by atoms with Gasteiger partial charge in [-0.2, -0.15) is 0 Å². The molecule has 4 heteroatoms. The Bertz CT molecular complexity index is 685. The Balaban J connectivity index is 1.69. The van der Waals surface area contributed by atoms with Crippen LogP contribution in [0.25, 0.3) is 0 Å². The minimum atomic E-state index is 0.0450. The Morgan fingerprint density at radius 2 is 1.96 bits per heavy atom. The third-order valence-corrected chi connectivity index (χ3v) is 4.23. The van der Waals surface area contributed by atoms with Crippen molar-refractivity contribution in [3.63, 3.8) is 0 Å². The Labute approximate surface area is 143 Å². The van der Waals surface area contributed by atoms with Crippen LogP contribution in [0.4, 0.5) is 11.4 Å². The van der Waals surface area contributed by atoms with Gasteiger partial charge in [0.15, 0.2) is 6.61 Å². The van der Waals surface area contributed by atoms with Crippen molar-refractivity contribution >= 4 is 17.3 Å². The number of rotatable bonds is 7. The van der Waals surface area contributed by atoms with Gasteiger partial charge in [-0.05, 0) is 24.1 Å². The van der Waals surface area contributed by atoms with Gasteiger partial charge in [0, 0.05) is 24.8 Å². The van der Waals surface area contributed by atoms with E-state index in [-0.39, 0.29) is 12.5 Å². The summed E-state index contributed by atoms with van der Waals surface area (Å²) in [5.74, 6) is 0.827. The van der Waals surface area contributed by atoms with Gasteiger partial charge in [0.05, 0.1) is 5.69 Å². The van der Waals surface area contributed by atoms with Crippen molar-refractivity contribution in [2.45, 2.75) is 32.7 Å². The van der Waals surface area contributed by atoms with Crippen molar-refractivity contribution in [2.75, 3.05) is 23.4 Å². The van der Waals surface area contributed by atoms with Crippen LogP contribution in [0.15, 0.2) is 48.5 Å². The highest BCUT2D eigenvalue weighted by molar-refractivity contribution is 5.98. The monoisotopic (exact) mass is 324 g/mol. The zero-order chi connectivity index (χ0) is 16.8. The van der Waals surface area contributed by atoms with Crippen LogP contribution in [0.1, 0.15) is 31.7 Å². The first-order valence-electron chi connectivity index (χ1n) is 8.63. The molecule has 0 saturated heterocycles. The van der Waals surface area contributed by atoms with Gasteiger partial charge in [0.2, 0.25) is 0 Å². The second-order valence-electron chi connectivity index (χ2n) is 6.06. The molecule has 2 aromatic carbocycles. The number of nitrogens with one attached hydrogen (secondary N) is 1. The van der Waals surface area contributed by atoms with E-state index in [9.17, 15) is 4.79 Å². The maximum absolute atomic E-state index is 12.1. The van der Waals surface area contributed by atoms with Crippen LogP contribution in [-0.2, 0) is 11.3 Å². The number of ether oxygens (including phenoxy) is 1. The summed E-state index contributed by atoms with van der Waals surface area (Å²) >= 11 is 0. The molecule has 1 aliphatic rings. The number of hydrogen-bond acceptors (Lipinski definition) is 3. The van der Waals surface area contributed by atoms with E-state index in [1.807, 2.05) is 41.3 Å². The zero-order valence-electron chi connectivity index (χ0n) is 14.1. The molecule has 0 aromatic heterocycles. The number of anilines is 2. The largest absolute Gasteiger partial charge is 0.481 e. The first kappa shape index (κ1) is 16.4. The van der Waals surface area contributed by atoms with Crippen LogP contribution < -0.4 is 15.0 Å². The molecule has 0 fully saturated rings. The summed E-state index contributed by atoms with van der Waals surface area (Å²) in [6, 6.07) is 16.2. The van der Waals surface area contributed by atoms with E-state index < -0.39 is 0 Å². The number of benzene rings is 2. The lowest BCUT2D eigenvalue weighted by atomic mass is 10.1. The Morgan fingerprint density at radius 1 is 1.12 bits per heavy atom. The van der Waals surface area contributed by atoms with Crippen molar-refractivity contribution < 1.29 is 9.53 Å². The lowest BCUT2D eigenvalue weighted by molar-refractivity contribution is -0.121. The summed E-state index contributed by atoms with van der Waals surface area (Å²) in [6.07, 6.45) is 3.31. The molecule has 1 amide bonds. The molecule has 0 atom stereocenters. The average Bonchev–Trinajstić information content (AvgIpc) is 2.63. The number of unbranched alkanes of at least 4 members (excludes halogenated alkanes) is 2. The SMILES string of the molecule is CCCCCN1C(=O)COc2cc(NCc3ccccc3)ccc21. The first-order valence-corrected chi connectivity index (χ1v) is 8.63. The molecule has 4 nitrogen and oxygen atoms in total. The van der Waals surface area contributed by atoms with Crippen LogP contribution in [0.2, 0.25) is 0 Å². The minimum absolute atomic E-state index is 0.0450. The van der Waals surface area contributed by atoms with Gasteiger partial charge in [-0.15, -0.1) is 0 Å². The maximum atomic E-state index is 12.1. The fraction of sp³-hybridized carbons (Fsp3) is 0.350. The molecule has 126 valence electrons. The molecule has 1 heterocycles. The summed E-state index contributed by atoms with van der Waals surface area (Å²) in [6.45, 7) is 3.82. The summed E-state index contributed by atoms with van der Waals surface area (Å²) in [7, 11) is 0. The van der Waals surface area contributed by atoms with Crippen molar-refractivity contribution in [3.05, 3.63) is 54.1 Å². The summed E-state index contributed by atoms with van der Waals surface area (Å²) in [5.41, 5.74) is 3.11. The van der Waals surface area contributed by atoms with Gasteiger partial charge in [-0.3, -0.25) is 4.79 Å². The molecule has 0 radical (unpaired) electrons. The van der Waals surface area contributed by atoms with E-state index in [1.54, 1.807) is 0 Å². The highest BCUT2D eigenvalue weighted by atomic mass is 16.5. The van der Waals surface area contributed by atoms with E-state index in [2.05, 4.69) is 24.4 Å². The predicted molar refractivity (Wildman–Crippen MR) is 97.6 cm³/mol. The maximum Gasteiger partial charge on any atom is 0.265 e. The Morgan fingerprint density at radius 3 is 2.75 bits per heavy atom. The zero-order valence-corrected chi connectivity index (χ0v) is 14.1. The van der Waals surface area contributed by atoms with E-state index >= 15 is 0 Å². The van der Waals surface area contributed by atoms with E-state index in [0.29, 0.717) is 0 Å². The highest BCUT2D eigenvalue weighted by Gasteiger charge is 2.25. The van der Waals surface area contributed by atoms with Gasteiger partial charge in [-0.25, -0.2) is 0 Å². The minimum Gasteiger partial charge on any atom is -0.481 e. The molecule has 1 aliphatic heterocycles. The summed E-state index contributed by atoms with van der Waals surface area (Å²) < 4.78 is 5.63. The molecule has 3 rings (SSSR count). The molecule has 2 aromatic rings. The summed E-state index contributed by atoms with van der Waals surface area (Å²) in [5, 5.41) is 3.41. The topological polar surface area (TPSA) is 41.6 Å². The third kappa shape index (κ3) is 3.88. The van der Waals surface area contributed by atoms with Gasteiger partial charge in [0.25, 0.3) is 5.91 Å². The fourth-order valence-corrected chi connectivity index (χ4v) is 2.88. The smallest absolute Gasteiger partial charge is 0.265 e. The standard InChI is InChI=1S/C20H24N2O2/c1-2-3-7-12-22-18-11-10-17(13-19(18)24-15-20(22)23)21-14-16-8-5-4-6-9-16/h4-6,8-11,13,21H,2-3,7,12,14-15H2,1H3. The van der Waals surface area contributed by atoms with Crippen molar-refractivity contribution in [1.82, 2.24) is 0 Å². The number of amides is 1. The first-order chi connectivity index (χ1) is 11.8. The normalized spacial score (nSPS) is 13.4. The fourth-order valence-electron chi connectivity index (χ4n) is 2.88. The second kappa shape index (κ2) is 7.86. The molecule has 24 heavy (non-hydrogen) atoms. The van der Waals surface area contributed by atoms with Gasteiger partial charge in [-0.1, -0.05) is 50.1 Å². The van der Waals surface area contributed by atoms with Crippen LogP contribution in [-0.4, -0.2) is 19.1 Å². The van der Waals surface area contributed by atoms with E-state index in [4.69, 9.17) is 4.74 Å². The van der Waals surface area contributed by atoms with Gasteiger partial charge in [0.1, 0.15) is 5.75 Å². The van der Waals surface area contributed by atoms with Crippen LogP contribution >= 0.6 is 0 Å². The summed E-state index contributed by atoms with van der Waals surface area (Å²) in [4.78, 5) is 14.0. The molecule has 0 aliphatic carbocycles. The quantitative estimate of drug-likeness (QED) is 0.776. The van der Waals surface area contributed by atoms with Crippen LogP contribution in [0.5, 0.6) is 5.75 Å². The third-order valence-electron chi connectivity index (χ3n) is 4.23. The Kier molecular flexibility index (Phi) is 5.36. The van der Waals surface area contributed by atoms with E-state index in [0.717, 1.165) is 49.5 Å². The number of carbonyl (C=O) groups is 1. The molecule has 0 unspecified atom stereocenters. The van der Waals surface area contributed by atoms with Crippen LogP contribution in [0, 0.1) is 0 Å². The molecular formula is C20H24N2O2. The lowest BCUT2D eigenvalue weighted by Crippen LogP contribution is -2.39. The molecule has 0 bridgehead atoms. The second-order valence-corrected chi connectivity index (χ2v) is 6.06. The number of fused-ring (bicyclic) bond motifs is 1. The van der Waals surface area contributed by atoms with Crippen LogP contribution in [0.3, 0.4) is 0 Å². The molecular weight excluding hydrogens is 300 g/mol. The number of nitrogens with zero attached hydrogens (tertiary/aromatic N) is 1.